The molecular weight excluding hydrogens is 248 g/mol. The van der Waals surface area contributed by atoms with Crippen LogP contribution in [-0.4, -0.2) is 17.8 Å². The molecule has 0 aromatic heterocycles. The van der Waals surface area contributed by atoms with E-state index in [1.165, 1.54) is 0 Å². The lowest BCUT2D eigenvalue weighted by molar-refractivity contribution is -0.0226. The molecule has 4 rings (SSSR count). The Kier molecular flexibility index (Phi) is 2.08. The highest BCUT2D eigenvalue weighted by atomic mass is 16.3. The fourth-order valence-corrected chi connectivity index (χ4v) is 5.36. The fraction of sp³-hybridized carbons (Fsp3) is 0.667. The zero-order chi connectivity index (χ0) is 16.4. The first-order valence-corrected chi connectivity index (χ1v) is 7.91. The monoisotopic (exact) mass is 275 g/mol. The minimum absolute atomic E-state index is 0.0366. The summed E-state index contributed by atoms with van der Waals surface area (Å²) in [6.45, 7) is 2.25. The number of phenols is 1. The van der Waals surface area contributed by atoms with Gasteiger partial charge in [0.05, 0.1) is 8.85 Å². The van der Waals surface area contributed by atoms with Gasteiger partial charge in [0.1, 0.15) is 5.75 Å². The van der Waals surface area contributed by atoms with E-state index in [0.717, 1.165) is 49.7 Å². The van der Waals surface area contributed by atoms with E-state index in [1.54, 1.807) is 6.07 Å². The van der Waals surface area contributed by atoms with Crippen molar-refractivity contribution in [2.75, 3.05) is 0 Å². The molecule has 1 aromatic carbocycles. The molecule has 0 spiro atoms. The zero-order valence-electron chi connectivity index (χ0n) is 15.0. The SMILES string of the molecule is [2H]Oc1cc2c(c([2H])c1[2H])[C@H]1CC[C@]3(C)[C@@H](O)CC[C@H]3[C@@H]1CC2. The van der Waals surface area contributed by atoms with Gasteiger partial charge in [-0.2, -0.15) is 0 Å². The molecule has 20 heavy (non-hydrogen) atoms. The lowest BCUT2D eigenvalue weighted by atomic mass is 9.55. The van der Waals surface area contributed by atoms with Crippen molar-refractivity contribution in [1.82, 2.24) is 0 Å². The maximum absolute atomic E-state index is 10.4. The molecule has 0 bridgehead atoms. The van der Waals surface area contributed by atoms with Crippen molar-refractivity contribution >= 4 is 0 Å². The van der Waals surface area contributed by atoms with E-state index in [2.05, 4.69) is 12.0 Å². The van der Waals surface area contributed by atoms with Crippen LogP contribution in [-0.2, 0) is 6.42 Å². The van der Waals surface area contributed by atoms with E-state index in [0.29, 0.717) is 17.8 Å². The Bertz CT molecular complexity index is 648. The normalized spacial score (nSPS) is 44.6. The molecule has 2 fully saturated rings. The number of fused-ring (bicyclic) bond motifs is 5. The van der Waals surface area contributed by atoms with Gasteiger partial charge in [-0.05, 0) is 84.9 Å². The molecule has 3 aliphatic rings. The molecule has 2 heteroatoms. The van der Waals surface area contributed by atoms with E-state index in [4.69, 9.17) is 4.17 Å². The zero-order valence-corrected chi connectivity index (χ0v) is 12.0. The Balaban J connectivity index is 1.77. The standard InChI is InChI=1S/C18H24O2/c1-18-9-8-14-13-5-3-12(19)10-11(13)2-4-15(14)16(18)6-7-17(18)20/h3,5,10,14-17,19-20H,2,4,6-9H2,1H3/t14-,15-,16+,17+,18+/m1/s1/i3D,5D/hD. The van der Waals surface area contributed by atoms with Crippen molar-refractivity contribution < 1.29 is 13.0 Å². The molecule has 0 saturated heterocycles. The quantitative estimate of drug-likeness (QED) is 0.822. The van der Waals surface area contributed by atoms with E-state index in [1.807, 2.05) is 0 Å². The van der Waals surface area contributed by atoms with Gasteiger partial charge in [0, 0.05) is 0 Å². The van der Waals surface area contributed by atoms with Crippen LogP contribution in [0.4, 0.5) is 0 Å². The molecular formula is C18H24O2. The lowest BCUT2D eigenvalue weighted by Gasteiger charge is -2.50. The summed E-state index contributed by atoms with van der Waals surface area (Å²) in [4.78, 5) is 0. The second-order valence-electron chi connectivity index (χ2n) is 7.25. The van der Waals surface area contributed by atoms with Gasteiger partial charge in [0.15, 0.2) is 0 Å². The predicted molar refractivity (Wildman–Crippen MR) is 78.7 cm³/mol. The Morgan fingerprint density at radius 2 is 2.20 bits per heavy atom. The summed E-state index contributed by atoms with van der Waals surface area (Å²) in [6, 6.07) is 2.09. The maximum atomic E-state index is 10.4. The van der Waals surface area contributed by atoms with E-state index < -0.39 is 0 Å². The van der Waals surface area contributed by atoms with Crippen molar-refractivity contribution in [3.8, 4) is 5.75 Å². The molecule has 2 saturated carbocycles. The highest BCUT2D eigenvalue weighted by molar-refractivity contribution is 5.40. The average molecular weight is 275 g/mol. The number of aliphatic hydroxyl groups excluding tert-OH is 1. The van der Waals surface area contributed by atoms with Crippen molar-refractivity contribution in [2.45, 2.75) is 57.5 Å². The van der Waals surface area contributed by atoms with Crippen molar-refractivity contribution in [1.29, 1.82) is 1.43 Å². The van der Waals surface area contributed by atoms with Gasteiger partial charge in [-0.15, -0.1) is 0 Å². The first-order chi connectivity index (χ1) is 11.0. The Labute approximate surface area is 125 Å². The summed E-state index contributed by atoms with van der Waals surface area (Å²) in [5.74, 6) is 1.58. The van der Waals surface area contributed by atoms with Crippen molar-refractivity contribution in [3.63, 3.8) is 0 Å². The highest BCUT2D eigenvalue weighted by Gasteiger charge is 2.54. The number of rotatable bonds is 1. The molecule has 108 valence electrons. The lowest BCUT2D eigenvalue weighted by Crippen LogP contribution is -2.43. The third-order valence-electron chi connectivity index (χ3n) is 6.48. The summed E-state index contributed by atoms with van der Waals surface area (Å²) in [7, 11) is 0. The van der Waals surface area contributed by atoms with Crippen LogP contribution in [0.2, 0.25) is 0 Å². The molecule has 0 aliphatic heterocycles. The number of hydrogen-bond acceptors (Lipinski definition) is 2. The van der Waals surface area contributed by atoms with Crippen molar-refractivity contribution in [2.24, 2.45) is 17.3 Å². The summed E-state index contributed by atoms with van der Waals surface area (Å²) in [6.07, 6.45) is 5.78. The van der Waals surface area contributed by atoms with Gasteiger partial charge in [-0.3, -0.25) is 0 Å². The molecule has 0 amide bonds. The third kappa shape index (κ3) is 1.60. The van der Waals surface area contributed by atoms with Gasteiger partial charge in [-0.25, -0.2) is 0 Å². The van der Waals surface area contributed by atoms with Gasteiger partial charge in [-0.1, -0.05) is 13.0 Å². The van der Waals surface area contributed by atoms with E-state index in [-0.39, 0.29) is 29.4 Å². The number of phenolic OH excluding ortho intramolecular Hbond substituents is 1. The number of aliphatic hydroxyl groups is 1. The molecule has 2 nitrogen and oxygen atoms in total. The Hall–Kier alpha value is -1.02. The summed E-state index contributed by atoms with van der Waals surface area (Å²) < 4.78 is 23.6. The van der Waals surface area contributed by atoms with E-state index in [9.17, 15) is 5.11 Å². The molecule has 0 heterocycles. The maximum Gasteiger partial charge on any atom is 0.293 e. The molecule has 3 aliphatic carbocycles. The van der Waals surface area contributed by atoms with E-state index >= 15 is 0 Å². The molecule has 5 atom stereocenters. The number of aromatic hydroxyl groups is 1. The van der Waals surface area contributed by atoms with Gasteiger partial charge in [0.25, 0.3) is 1.43 Å². The Morgan fingerprint density at radius 3 is 3.05 bits per heavy atom. The van der Waals surface area contributed by atoms with Gasteiger partial charge >= 0.3 is 0 Å². The smallest absolute Gasteiger partial charge is 0.293 e. The number of benzene rings is 1. The van der Waals surface area contributed by atoms with Crippen LogP contribution < -0.4 is 0 Å². The molecule has 2 N–H and O–H groups in total. The first kappa shape index (κ1) is 9.83. The van der Waals surface area contributed by atoms with Gasteiger partial charge in [0.2, 0.25) is 0 Å². The topological polar surface area (TPSA) is 40.5 Å². The average Bonchev–Trinajstić information content (AvgIpc) is 2.85. The summed E-state index contributed by atoms with van der Waals surface area (Å²) in [5.41, 5.74) is 2.15. The second kappa shape index (κ2) is 4.24. The molecule has 0 radical (unpaired) electrons. The number of hydrogen-bond donors (Lipinski definition) is 2. The van der Waals surface area contributed by atoms with Crippen LogP contribution in [0.15, 0.2) is 18.2 Å². The molecule has 0 unspecified atom stereocenters. The van der Waals surface area contributed by atoms with Gasteiger partial charge < -0.3 is 10.2 Å². The van der Waals surface area contributed by atoms with Crippen molar-refractivity contribution in [3.05, 3.63) is 29.3 Å². The second-order valence-corrected chi connectivity index (χ2v) is 7.25. The third-order valence-corrected chi connectivity index (χ3v) is 6.48. The van der Waals surface area contributed by atoms with Crippen LogP contribution in [0, 0.1) is 17.3 Å². The Morgan fingerprint density at radius 1 is 1.30 bits per heavy atom. The first-order valence-electron chi connectivity index (χ1n) is 9.32. The van der Waals surface area contributed by atoms with Crippen LogP contribution >= 0.6 is 0 Å². The molecule has 1 aromatic rings. The van der Waals surface area contributed by atoms with Crippen LogP contribution in [0.1, 0.15) is 58.8 Å². The minimum atomic E-state index is -0.184. The van der Waals surface area contributed by atoms with Crippen LogP contribution in [0.25, 0.3) is 0 Å². The highest BCUT2D eigenvalue weighted by Crippen LogP contribution is 2.60. The predicted octanol–water partition coefficient (Wildman–Crippen LogP) is 3.61. The van der Waals surface area contributed by atoms with Crippen LogP contribution in [0.3, 0.4) is 0 Å². The summed E-state index contributed by atoms with van der Waals surface area (Å²) >= 11 is 0. The fourth-order valence-electron chi connectivity index (χ4n) is 5.36. The summed E-state index contributed by atoms with van der Waals surface area (Å²) in [5, 5.41) is 15.0. The minimum Gasteiger partial charge on any atom is -0.508 e. The largest absolute Gasteiger partial charge is 0.508 e. The van der Waals surface area contributed by atoms with Crippen LogP contribution in [0.5, 0.6) is 5.75 Å². The number of aryl methyl sites for hydroxylation is 1.